The van der Waals surface area contributed by atoms with Gasteiger partial charge in [-0.1, -0.05) is 60.3 Å². The van der Waals surface area contributed by atoms with Gasteiger partial charge in [0.1, 0.15) is 0 Å². The number of aliphatic hydroxyl groups excluding tert-OH is 1. The molecule has 1 fully saturated rings. The van der Waals surface area contributed by atoms with E-state index in [1.54, 1.807) is 0 Å². The van der Waals surface area contributed by atoms with Crippen LogP contribution in [0.5, 0.6) is 0 Å². The predicted molar refractivity (Wildman–Crippen MR) is 88.8 cm³/mol. The van der Waals surface area contributed by atoms with Crippen molar-refractivity contribution in [2.45, 2.75) is 92.1 Å². The van der Waals surface area contributed by atoms with Crippen LogP contribution in [-0.2, 0) is 0 Å². The molecule has 0 spiro atoms. The van der Waals surface area contributed by atoms with Gasteiger partial charge in [-0.25, -0.2) is 0 Å². The third-order valence-electron chi connectivity index (χ3n) is 5.79. The molecule has 0 aliphatic heterocycles. The second kappa shape index (κ2) is 9.07. The Balaban J connectivity index is 2.20. The summed E-state index contributed by atoms with van der Waals surface area (Å²) >= 11 is 0. The van der Waals surface area contributed by atoms with Crippen LogP contribution in [0.1, 0.15) is 86.0 Å². The Morgan fingerprint density at radius 3 is 1.75 bits per heavy atom. The van der Waals surface area contributed by atoms with Gasteiger partial charge in [-0.3, -0.25) is 0 Å². The molecule has 1 saturated carbocycles. The zero-order valence-electron chi connectivity index (χ0n) is 14.6. The van der Waals surface area contributed by atoms with E-state index < -0.39 is 0 Å². The minimum absolute atomic E-state index is 0.00608. The second-order valence-corrected chi connectivity index (χ2v) is 8.05. The maximum atomic E-state index is 9.60. The zero-order chi connectivity index (χ0) is 15.1. The van der Waals surface area contributed by atoms with Crippen molar-refractivity contribution < 1.29 is 5.11 Å². The highest BCUT2D eigenvalue weighted by Crippen LogP contribution is 2.34. The number of hydrogen-bond donors (Lipinski definition) is 1. The maximum Gasteiger partial charge on any atom is 0.0540 e. The standard InChI is InChI=1S/C19H38O/c1-14(2)6-7-15(3)16(4)8-9-17(5)18-10-12-19(20)13-11-18/h14-20H,6-13H2,1-5H3. The first-order valence-electron chi connectivity index (χ1n) is 9.08. The molecule has 0 bridgehead atoms. The van der Waals surface area contributed by atoms with Crippen LogP contribution in [0.3, 0.4) is 0 Å². The summed E-state index contributed by atoms with van der Waals surface area (Å²) in [4.78, 5) is 0. The maximum absolute atomic E-state index is 9.60. The average molecular weight is 283 g/mol. The summed E-state index contributed by atoms with van der Waals surface area (Å²) in [5, 5.41) is 9.60. The van der Waals surface area contributed by atoms with Crippen LogP contribution in [0, 0.1) is 29.6 Å². The van der Waals surface area contributed by atoms with E-state index in [0.29, 0.717) is 0 Å². The first kappa shape index (κ1) is 18.0. The fraction of sp³-hybridized carbons (Fsp3) is 1.00. The first-order chi connectivity index (χ1) is 9.40. The number of hydrogen-bond acceptors (Lipinski definition) is 1. The Morgan fingerprint density at radius 1 is 0.750 bits per heavy atom. The van der Waals surface area contributed by atoms with E-state index in [4.69, 9.17) is 0 Å². The van der Waals surface area contributed by atoms with E-state index >= 15 is 0 Å². The minimum atomic E-state index is -0.00608. The van der Waals surface area contributed by atoms with Gasteiger partial charge < -0.3 is 5.11 Å². The highest BCUT2D eigenvalue weighted by atomic mass is 16.3. The van der Waals surface area contributed by atoms with Crippen LogP contribution in [0.2, 0.25) is 0 Å². The fourth-order valence-electron chi connectivity index (χ4n) is 3.60. The lowest BCUT2D eigenvalue weighted by Gasteiger charge is -2.31. The Morgan fingerprint density at radius 2 is 1.25 bits per heavy atom. The summed E-state index contributed by atoms with van der Waals surface area (Å²) in [5.74, 6) is 4.30. The molecular formula is C19H38O. The SMILES string of the molecule is CC(C)CCC(C)C(C)CCC(C)C1CCC(O)CC1. The van der Waals surface area contributed by atoms with Crippen molar-refractivity contribution in [3.63, 3.8) is 0 Å². The molecule has 1 heteroatoms. The minimum Gasteiger partial charge on any atom is -0.393 e. The molecule has 0 saturated heterocycles. The third kappa shape index (κ3) is 6.61. The largest absolute Gasteiger partial charge is 0.393 e. The molecule has 120 valence electrons. The van der Waals surface area contributed by atoms with Crippen molar-refractivity contribution in [3.05, 3.63) is 0 Å². The third-order valence-corrected chi connectivity index (χ3v) is 5.79. The van der Waals surface area contributed by atoms with Crippen molar-refractivity contribution >= 4 is 0 Å². The Kier molecular flexibility index (Phi) is 8.17. The van der Waals surface area contributed by atoms with Crippen molar-refractivity contribution in [1.29, 1.82) is 0 Å². The molecule has 1 N–H and O–H groups in total. The monoisotopic (exact) mass is 282 g/mol. The van der Waals surface area contributed by atoms with Crippen LogP contribution in [0.15, 0.2) is 0 Å². The predicted octanol–water partition coefficient (Wildman–Crippen LogP) is 5.66. The van der Waals surface area contributed by atoms with Gasteiger partial charge in [-0.2, -0.15) is 0 Å². The molecular weight excluding hydrogens is 244 g/mol. The van der Waals surface area contributed by atoms with Gasteiger partial charge in [-0.05, 0) is 55.3 Å². The van der Waals surface area contributed by atoms with Crippen LogP contribution < -0.4 is 0 Å². The van der Waals surface area contributed by atoms with Gasteiger partial charge in [-0.15, -0.1) is 0 Å². The lowest BCUT2D eigenvalue weighted by atomic mass is 9.76. The van der Waals surface area contributed by atoms with Gasteiger partial charge >= 0.3 is 0 Å². The number of aliphatic hydroxyl groups is 1. The molecule has 0 heterocycles. The van der Waals surface area contributed by atoms with E-state index in [-0.39, 0.29) is 6.10 Å². The van der Waals surface area contributed by atoms with E-state index in [2.05, 4.69) is 34.6 Å². The fourth-order valence-corrected chi connectivity index (χ4v) is 3.60. The molecule has 1 rings (SSSR count). The molecule has 3 atom stereocenters. The molecule has 20 heavy (non-hydrogen) atoms. The Labute approximate surface area is 127 Å². The van der Waals surface area contributed by atoms with Crippen LogP contribution in [-0.4, -0.2) is 11.2 Å². The molecule has 0 radical (unpaired) electrons. The summed E-state index contributed by atoms with van der Waals surface area (Å²) in [6.45, 7) is 12.0. The normalized spacial score (nSPS) is 28.4. The summed E-state index contributed by atoms with van der Waals surface area (Å²) in [6.07, 6.45) is 10.1. The molecule has 0 amide bonds. The van der Waals surface area contributed by atoms with Gasteiger partial charge in [0.25, 0.3) is 0 Å². The summed E-state index contributed by atoms with van der Waals surface area (Å²) < 4.78 is 0. The summed E-state index contributed by atoms with van der Waals surface area (Å²) in [6, 6.07) is 0. The molecule has 0 aromatic rings. The van der Waals surface area contributed by atoms with Gasteiger partial charge in [0, 0.05) is 0 Å². The summed E-state index contributed by atoms with van der Waals surface area (Å²) in [5.41, 5.74) is 0. The van der Waals surface area contributed by atoms with E-state index in [1.165, 1.54) is 38.5 Å². The van der Waals surface area contributed by atoms with Crippen molar-refractivity contribution in [3.8, 4) is 0 Å². The quantitative estimate of drug-likeness (QED) is 0.609. The van der Waals surface area contributed by atoms with E-state index in [0.717, 1.165) is 42.4 Å². The van der Waals surface area contributed by atoms with E-state index in [1.807, 2.05) is 0 Å². The summed E-state index contributed by atoms with van der Waals surface area (Å²) in [7, 11) is 0. The topological polar surface area (TPSA) is 20.2 Å². The highest BCUT2D eigenvalue weighted by Gasteiger charge is 2.24. The van der Waals surface area contributed by atoms with Gasteiger partial charge in [0.15, 0.2) is 0 Å². The Hall–Kier alpha value is -0.0400. The average Bonchev–Trinajstić information content (AvgIpc) is 2.42. The first-order valence-corrected chi connectivity index (χ1v) is 9.08. The lowest BCUT2D eigenvalue weighted by molar-refractivity contribution is 0.0903. The molecule has 1 aliphatic carbocycles. The van der Waals surface area contributed by atoms with Crippen molar-refractivity contribution in [1.82, 2.24) is 0 Å². The number of rotatable bonds is 8. The zero-order valence-corrected chi connectivity index (χ0v) is 14.6. The van der Waals surface area contributed by atoms with Crippen LogP contribution >= 0.6 is 0 Å². The molecule has 0 aromatic carbocycles. The van der Waals surface area contributed by atoms with Crippen LogP contribution in [0.4, 0.5) is 0 Å². The molecule has 1 aliphatic rings. The van der Waals surface area contributed by atoms with E-state index in [9.17, 15) is 5.11 Å². The Bertz CT molecular complexity index is 240. The van der Waals surface area contributed by atoms with Crippen LogP contribution in [0.25, 0.3) is 0 Å². The molecule has 1 nitrogen and oxygen atoms in total. The highest BCUT2D eigenvalue weighted by molar-refractivity contribution is 4.76. The second-order valence-electron chi connectivity index (χ2n) is 8.05. The smallest absolute Gasteiger partial charge is 0.0540 e. The molecule has 3 unspecified atom stereocenters. The molecule has 0 aromatic heterocycles. The van der Waals surface area contributed by atoms with Crippen molar-refractivity contribution in [2.75, 3.05) is 0 Å². The van der Waals surface area contributed by atoms with Gasteiger partial charge in [0.2, 0.25) is 0 Å². The van der Waals surface area contributed by atoms with Gasteiger partial charge in [0.05, 0.1) is 6.10 Å². The van der Waals surface area contributed by atoms with Crippen molar-refractivity contribution in [2.24, 2.45) is 29.6 Å². The lowest BCUT2D eigenvalue weighted by Crippen LogP contribution is -2.23.